The molecule has 0 atom stereocenters. The molecule has 0 aliphatic carbocycles. The Morgan fingerprint density at radius 2 is 2.19 bits per heavy atom. The second kappa shape index (κ2) is 3.83. The summed E-state index contributed by atoms with van der Waals surface area (Å²) in [5.74, 6) is 0. The highest BCUT2D eigenvalue weighted by atomic mass is 79.9. The molecule has 1 aromatic heterocycles. The van der Waals surface area contributed by atoms with E-state index in [1.165, 1.54) is 12.1 Å². The maximum Gasteiger partial charge on any atom is 0.297 e. The van der Waals surface area contributed by atoms with Gasteiger partial charge in [0, 0.05) is 6.07 Å². The second-order valence-corrected chi connectivity index (χ2v) is 3.63. The van der Waals surface area contributed by atoms with E-state index in [-0.39, 0.29) is 21.5 Å². The van der Waals surface area contributed by atoms with E-state index in [4.69, 9.17) is 5.26 Å². The van der Waals surface area contributed by atoms with Crippen LogP contribution < -0.4 is 0 Å². The number of nitriles is 1. The number of nitrogens with zero attached hydrogens (tertiary/aromatic N) is 4. The Kier molecular flexibility index (Phi) is 2.50. The Labute approximate surface area is 97.8 Å². The molecule has 2 aromatic rings. The number of para-hydroxylation sites is 1. The van der Waals surface area contributed by atoms with E-state index in [0.717, 1.165) is 0 Å². The van der Waals surface area contributed by atoms with Gasteiger partial charge in [-0.2, -0.15) is 5.26 Å². The average molecular weight is 279 g/mol. The largest absolute Gasteiger partial charge is 0.297 e. The first-order valence-electron chi connectivity index (χ1n) is 4.14. The predicted molar refractivity (Wildman–Crippen MR) is 58.6 cm³/mol. The predicted octanol–water partition coefficient (Wildman–Crippen LogP) is 2.17. The third kappa shape index (κ3) is 1.59. The zero-order chi connectivity index (χ0) is 11.7. The molecule has 0 aliphatic heterocycles. The van der Waals surface area contributed by atoms with Crippen molar-refractivity contribution in [2.75, 3.05) is 0 Å². The van der Waals surface area contributed by atoms with Crippen molar-refractivity contribution in [2.24, 2.45) is 0 Å². The molecule has 0 saturated heterocycles. The van der Waals surface area contributed by atoms with Gasteiger partial charge in [0.25, 0.3) is 5.69 Å². The minimum atomic E-state index is -0.550. The van der Waals surface area contributed by atoms with Crippen LogP contribution in [0.4, 0.5) is 5.69 Å². The lowest BCUT2D eigenvalue weighted by atomic mass is 10.2. The molecule has 1 aromatic carbocycles. The number of rotatable bonds is 1. The van der Waals surface area contributed by atoms with Crippen LogP contribution in [0.5, 0.6) is 0 Å². The fourth-order valence-electron chi connectivity index (χ4n) is 1.26. The summed E-state index contributed by atoms with van der Waals surface area (Å²) in [6, 6.07) is 6.26. The number of aromatic nitrogens is 2. The minimum absolute atomic E-state index is 0.0294. The van der Waals surface area contributed by atoms with Gasteiger partial charge in [0.1, 0.15) is 10.7 Å². The van der Waals surface area contributed by atoms with Gasteiger partial charge < -0.3 is 0 Å². The van der Waals surface area contributed by atoms with Crippen LogP contribution in [-0.2, 0) is 0 Å². The van der Waals surface area contributed by atoms with E-state index in [0.29, 0.717) is 5.52 Å². The number of hydrogen-bond donors (Lipinski definition) is 0. The van der Waals surface area contributed by atoms with Crippen molar-refractivity contribution in [3.05, 3.63) is 38.6 Å². The summed E-state index contributed by atoms with van der Waals surface area (Å²) in [5, 5.41) is 19.5. The van der Waals surface area contributed by atoms with E-state index in [1.807, 2.05) is 6.07 Å². The molecule has 0 N–H and O–H groups in total. The highest BCUT2D eigenvalue weighted by molar-refractivity contribution is 9.10. The average Bonchev–Trinajstić information content (AvgIpc) is 2.26. The van der Waals surface area contributed by atoms with Gasteiger partial charge in [-0.25, -0.2) is 9.97 Å². The SMILES string of the molecule is N#Cc1nc2c([N+](=O)[O-])cccc2nc1Br. The van der Waals surface area contributed by atoms with Gasteiger partial charge in [-0.3, -0.25) is 10.1 Å². The standard InChI is InChI=1S/C9H3BrN4O2/c10-9-6(4-11)12-8-5(13-9)2-1-3-7(8)14(15)16/h1-3H. The number of non-ortho nitro benzene ring substituents is 1. The Hall–Kier alpha value is -2.07. The molecule has 0 aliphatic rings. The Morgan fingerprint density at radius 3 is 2.81 bits per heavy atom. The van der Waals surface area contributed by atoms with Crippen LogP contribution >= 0.6 is 15.9 Å². The molecule has 2 rings (SSSR count). The minimum Gasteiger partial charge on any atom is -0.258 e. The van der Waals surface area contributed by atoms with Gasteiger partial charge >= 0.3 is 0 Å². The van der Waals surface area contributed by atoms with Crippen molar-refractivity contribution in [1.29, 1.82) is 5.26 Å². The van der Waals surface area contributed by atoms with E-state index in [9.17, 15) is 10.1 Å². The molecule has 6 nitrogen and oxygen atoms in total. The molecule has 16 heavy (non-hydrogen) atoms. The highest BCUT2D eigenvalue weighted by Gasteiger charge is 2.15. The van der Waals surface area contributed by atoms with Crippen LogP contribution in [0.3, 0.4) is 0 Å². The van der Waals surface area contributed by atoms with Crippen molar-refractivity contribution >= 4 is 32.7 Å². The number of benzene rings is 1. The first-order chi connectivity index (χ1) is 7.63. The molecule has 0 amide bonds. The lowest BCUT2D eigenvalue weighted by Crippen LogP contribution is -1.96. The Bertz CT molecular complexity index is 635. The summed E-state index contributed by atoms with van der Waals surface area (Å²) in [4.78, 5) is 18.1. The molecule has 0 spiro atoms. The summed E-state index contributed by atoms with van der Waals surface area (Å²) in [5.41, 5.74) is 0.364. The highest BCUT2D eigenvalue weighted by Crippen LogP contribution is 2.24. The van der Waals surface area contributed by atoms with E-state index >= 15 is 0 Å². The van der Waals surface area contributed by atoms with Gasteiger partial charge in [-0.05, 0) is 22.0 Å². The molecule has 0 radical (unpaired) electrons. The zero-order valence-electron chi connectivity index (χ0n) is 7.72. The number of nitro benzene ring substituents is 1. The van der Waals surface area contributed by atoms with Crippen molar-refractivity contribution in [1.82, 2.24) is 9.97 Å². The number of fused-ring (bicyclic) bond motifs is 1. The Morgan fingerprint density at radius 1 is 1.44 bits per heavy atom. The number of halogens is 1. The summed E-state index contributed by atoms with van der Waals surface area (Å²) in [7, 11) is 0. The summed E-state index contributed by atoms with van der Waals surface area (Å²) in [6.07, 6.45) is 0. The molecular weight excluding hydrogens is 276 g/mol. The quantitative estimate of drug-likeness (QED) is 0.589. The Balaban J connectivity index is 2.88. The van der Waals surface area contributed by atoms with Gasteiger partial charge in [0.15, 0.2) is 11.2 Å². The molecule has 78 valence electrons. The van der Waals surface area contributed by atoms with Crippen molar-refractivity contribution in [2.45, 2.75) is 0 Å². The monoisotopic (exact) mass is 278 g/mol. The van der Waals surface area contributed by atoms with Crippen LogP contribution in [0.1, 0.15) is 5.69 Å². The van der Waals surface area contributed by atoms with Crippen LogP contribution in [0.25, 0.3) is 11.0 Å². The zero-order valence-corrected chi connectivity index (χ0v) is 9.30. The van der Waals surface area contributed by atoms with E-state index < -0.39 is 4.92 Å². The lowest BCUT2D eigenvalue weighted by Gasteiger charge is -1.99. The van der Waals surface area contributed by atoms with Gasteiger partial charge in [0.2, 0.25) is 0 Å². The first kappa shape index (κ1) is 10.4. The van der Waals surface area contributed by atoms with Gasteiger partial charge in [-0.15, -0.1) is 0 Å². The maximum absolute atomic E-state index is 10.7. The van der Waals surface area contributed by atoms with Crippen LogP contribution in [-0.4, -0.2) is 14.9 Å². The van der Waals surface area contributed by atoms with Gasteiger partial charge in [-0.1, -0.05) is 6.07 Å². The normalized spacial score (nSPS) is 10.0. The molecular formula is C9H3BrN4O2. The fraction of sp³-hybridized carbons (Fsp3) is 0. The molecule has 0 saturated carbocycles. The van der Waals surface area contributed by atoms with E-state index in [2.05, 4.69) is 25.9 Å². The summed E-state index contributed by atoms with van der Waals surface area (Å²) in [6.45, 7) is 0. The summed E-state index contributed by atoms with van der Waals surface area (Å²) < 4.78 is 0.281. The van der Waals surface area contributed by atoms with E-state index in [1.54, 1.807) is 6.07 Å². The first-order valence-corrected chi connectivity index (χ1v) is 4.93. The van der Waals surface area contributed by atoms with Crippen LogP contribution in [0.2, 0.25) is 0 Å². The van der Waals surface area contributed by atoms with Crippen LogP contribution in [0, 0.1) is 21.4 Å². The molecule has 0 unspecified atom stereocenters. The van der Waals surface area contributed by atoms with Crippen LogP contribution in [0.15, 0.2) is 22.8 Å². The lowest BCUT2D eigenvalue weighted by molar-refractivity contribution is -0.383. The van der Waals surface area contributed by atoms with Crippen molar-refractivity contribution < 1.29 is 4.92 Å². The third-order valence-corrected chi connectivity index (χ3v) is 2.49. The third-order valence-electron chi connectivity index (χ3n) is 1.93. The summed E-state index contributed by atoms with van der Waals surface area (Å²) >= 11 is 3.07. The number of hydrogen-bond acceptors (Lipinski definition) is 5. The smallest absolute Gasteiger partial charge is 0.258 e. The fourth-order valence-corrected chi connectivity index (χ4v) is 1.63. The maximum atomic E-state index is 10.7. The van der Waals surface area contributed by atoms with Crippen molar-refractivity contribution in [3.63, 3.8) is 0 Å². The molecule has 0 fully saturated rings. The topological polar surface area (TPSA) is 92.7 Å². The number of nitro groups is 1. The second-order valence-electron chi connectivity index (χ2n) is 2.88. The molecule has 1 heterocycles. The molecule has 7 heteroatoms. The van der Waals surface area contributed by atoms with Crippen molar-refractivity contribution in [3.8, 4) is 6.07 Å². The van der Waals surface area contributed by atoms with Gasteiger partial charge in [0.05, 0.1) is 10.4 Å². The molecule has 0 bridgehead atoms.